The lowest BCUT2D eigenvalue weighted by Gasteiger charge is -2.19. The molecule has 0 aromatic heterocycles. The van der Waals surface area contributed by atoms with Gasteiger partial charge in [-0.05, 0) is 63.4 Å². The molecule has 0 aliphatic carbocycles. The quantitative estimate of drug-likeness (QED) is 0.916. The van der Waals surface area contributed by atoms with Crippen LogP contribution in [0.5, 0.6) is 5.75 Å². The maximum Gasteiger partial charge on any atom is 0.407 e. The number of nitrogens with one attached hydrogen (secondary N) is 1. The minimum absolute atomic E-state index is 0.407. The van der Waals surface area contributed by atoms with Crippen LogP contribution >= 0.6 is 0 Å². The fourth-order valence-corrected chi connectivity index (χ4v) is 1.95. The molecule has 116 valence electrons. The highest BCUT2D eigenvalue weighted by atomic mass is 16.6. The molecule has 1 aromatic carbocycles. The van der Waals surface area contributed by atoms with Gasteiger partial charge in [-0.25, -0.2) is 4.79 Å². The van der Waals surface area contributed by atoms with Crippen LogP contribution in [0.25, 0.3) is 6.08 Å². The van der Waals surface area contributed by atoms with Crippen molar-refractivity contribution in [2.24, 2.45) is 0 Å². The Hall–Kier alpha value is -1.97. The van der Waals surface area contributed by atoms with E-state index in [-0.39, 0.29) is 0 Å². The molecule has 4 nitrogen and oxygen atoms in total. The summed E-state index contributed by atoms with van der Waals surface area (Å²) < 4.78 is 10.4. The van der Waals surface area contributed by atoms with E-state index in [9.17, 15) is 4.79 Å². The lowest BCUT2D eigenvalue weighted by Crippen LogP contribution is -2.32. The molecule has 0 bridgehead atoms. The van der Waals surface area contributed by atoms with Gasteiger partial charge in [-0.3, -0.25) is 0 Å². The Morgan fingerprint density at radius 1 is 1.24 bits per heavy atom. The van der Waals surface area contributed by atoms with Crippen LogP contribution in [-0.4, -0.2) is 25.3 Å². The Morgan fingerprint density at radius 2 is 1.81 bits per heavy atom. The zero-order valence-electron chi connectivity index (χ0n) is 13.7. The monoisotopic (exact) mass is 291 g/mol. The third-order valence-electron chi connectivity index (χ3n) is 2.85. The lowest BCUT2D eigenvalue weighted by atomic mass is 10.0. The van der Waals surface area contributed by atoms with Crippen LogP contribution in [0.15, 0.2) is 18.2 Å². The summed E-state index contributed by atoms with van der Waals surface area (Å²) in [4.78, 5) is 11.5. The number of alkyl carbamates (subject to hydrolysis) is 1. The highest BCUT2D eigenvalue weighted by Crippen LogP contribution is 2.22. The third kappa shape index (κ3) is 5.90. The third-order valence-corrected chi connectivity index (χ3v) is 2.85. The Morgan fingerprint density at radius 3 is 2.29 bits per heavy atom. The lowest BCUT2D eigenvalue weighted by molar-refractivity contribution is 0.0534. The first-order valence-electron chi connectivity index (χ1n) is 7.01. The van der Waals surface area contributed by atoms with Crippen molar-refractivity contribution < 1.29 is 14.3 Å². The Balaban J connectivity index is 2.60. The highest BCUT2D eigenvalue weighted by Gasteiger charge is 2.15. The number of benzene rings is 1. The second-order valence-corrected chi connectivity index (χ2v) is 5.96. The van der Waals surface area contributed by atoms with E-state index >= 15 is 0 Å². The summed E-state index contributed by atoms with van der Waals surface area (Å²) in [5.41, 5.74) is 2.94. The van der Waals surface area contributed by atoms with E-state index in [1.165, 1.54) is 0 Å². The standard InChI is InChI=1S/C17H25NO3/c1-12-10-14(20-6)11-13(2)15(12)8-7-9-18-16(19)21-17(3,4)5/h7-8,10-11H,9H2,1-6H3,(H,18,19). The number of rotatable bonds is 4. The number of carbonyl (C=O) groups excluding carboxylic acids is 1. The van der Waals surface area contributed by atoms with Crippen LogP contribution in [0.3, 0.4) is 0 Å². The van der Waals surface area contributed by atoms with E-state index in [0.29, 0.717) is 6.54 Å². The number of carbonyl (C=O) groups is 1. The first-order valence-corrected chi connectivity index (χ1v) is 7.01. The number of amides is 1. The molecule has 21 heavy (non-hydrogen) atoms. The van der Waals surface area contributed by atoms with Crippen LogP contribution in [0, 0.1) is 13.8 Å². The van der Waals surface area contributed by atoms with Crippen molar-refractivity contribution in [3.8, 4) is 5.75 Å². The predicted molar refractivity (Wildman–Crippen MR) is 85.7 cm³/mol. The Labute approximate surface area is 127 Å². The number of aryl methyl sites for hydroxylation is 2. The fourth-order valence-electron chi connectivity index (χ4n) is 1.95. The minimum Gasteiger partial charge on any atom is -0.497 e. The molecule has 0 saturated heterocycles. The van der Waals surface area contributed by atoms with Gasteiger partial charge in [-0.1, -0.05) is 12.2 Å². The van der Waals surface area contributed by atoms with Crippen molar-refractivity contribution in [2.45, 2.75) is 40.2 Å². The van der Waals surface area contributed by atoms with Crippen molar-refractivity contribution in [3.05, 3.63) is 34.9 Å². The molecule has 4 heteroatoms. The molecule has 0 fully saturated rings. The summed E-state index contributed by atoms with van der Waals surface area (Å²) in [5.74, 6) is 0.856. The number of methoxy groups -OCH3 is 1. The molecule has 0 unspecified atom stereocenters. The second kappa shape index (κ2) is 7.16. The molecular formula is C17H25NO3. The van der Waals surface area contributed by atoms with Gasteiger partial charge in [0, 0.05) is 6.54 Å². The van der Waals surface area contributed by atoms with Gasteiger partial charge in [-0.2, -0.15) is 0 Å². The zero-order valence-corrected chi connectivity index (χ0v) is 13.7. The highest BCUT2D eigenvalue weighted by molar-refractivity contribution is 5.68. The molecule has 1 rings (SSSR count). The Bertz CT molecular complexity index is 504. The first-order chi connectivity index (χ1) is 9.73. The van der Waals surface area contributed by atoms with E-state index in [0.717, 1.165) is 22.4 Å². The summed E-state index contributed by atoms with van der Waals surface area (Å²) in [6, 6.07) is 3.99. The van der Waals surface area contributed by atoms with Gasteiger partial charge in [0.2, 0.25) is 0 Å². The molecule has 0 aliphatic heterocycles. The van der Waals surface area contributed by atoms with Crippen molar-refractivity contribution in [1.29, 1.82) is 0 Å². The van der Waals surface area contributed by atoms with Gasteiger partial charge in [0.25, 0.3) is 0 Å². The zero-order chi connectivity index (χ0) is 16.0. The number of ether oxygens (including phenoxy) is 2. The molecule has 1 amide bonds. The fraction of sp³-hybridized carbons (Fsp3) is 0.471. The normalized spacial score (nSPS) is 11.5. The van der Waals surface area contributed by atoms with Crippen LogP contribution in [0.2, 0.25) is 0 Å². The van der Waals surface area contributed by atoms with Crippen molar-refractivity contribution in [3.63, 3.8) is 0 Å². The second-order valence-electron chi connectivity index (χ2n) is 5.96. The molecule has 0 saturated carbocycles. The van der Waals surface area contributed by atoms with Crippen LogP contribution < -0.4 is 10.1 Å². The van der Waals surface area contributed by atoms with Gasteiger partial charge >= 0.3 is 6.09 Å². The van der Waals surface area contributed by atoms with Crippen LogP contribution in [0.4, 0.5) is 4.79 Å². The van der Waals surface area contributed by atoms with E-state index in [2.05, 4.69) is 5.32 Å². The summed E-state index contributed by atoms with van der Waals surface area (Å²) in [6.07, 6.45) is 3.50. The molecule has 0 heterocycles. The topological polar surface area (TPSA) is 47.6 Å². The van der Waals surface area contributed by atoms with E-state index in [4.69, 9.17) is 9.47 Å². The molecule has 0 aliphatic rings. The SMILES string of the molecule is COc1cc(C)c(C=CCNC(=O)OC(C)(C)C)c(C)c1. The van der Waals surface area contributed by atoms with E-state index < -0.39 is 11.7 Å². The van der Waals surface area contributed by atoms with Crippen LogP contribution in [-0.2, 0) is 4.74 Å². The molecular weight excluding hydrogens is 266 g/mol. The predicted octanol–water partition coefficient (Wildman–Crippen LogP) is 3.85. The average molecular weight is 291 g/mol. The largest absolute Gasteiger partial charge is 0.497 e. The smallest absolute Gasteiger partial charge is 0.407 e. The maximum absolute atomic E-state index is 11.5. The van der Waals surface area contributed by atoms with E-state index in [1.54, 1.807) is 7.11 Å². The molecule has 1 N–H and O–H groups in total. The van der Waals surface area contributed by atoms with Gasteiger partial charge in [0.15, 0.2) is 0 Å². The first kappa shape index (κ1) is 17.1. The van der Waals surface area contributed by atoms with Gasteiger partial charge in [0.05, 0.1) is 7.11 Å². The summed E-state index contributed by atoms with van der Waals surface area (Å²) in [6.45, 7) is 10.0. The summed E-state index contributed by atoms with van der Waals surface area (Å²) in [7, 11) is 1.66. The van der Waals surface area contributed by atoms with Crippen molar-refractivity contribution in [1.82, 2.24) is 5.32 Å². The van der Waals surface area contributed by atoms with E-state index in [1.807, 2.05) is 58.9 Å². The van der Waals surface area contributed by atoms with Crippen molar-refractivity contribution >= 4 is 12.2 Å². The molecule has 0 spiro atoms. The van der Waals surface area contributed by atoms with Gasteiger partial charge < -0.3 is 14.8 Å². The van der Waals surface area contributed by atoms with Gasteiger partial charge in [0.1, 0.15) is 11.4 Å². The van der Waals surface area contributed by atoms with Crippen LogP contribution in [0.1, 0.15) is 37.5 Å². The average Bonchev–Trinajstić information content (AvgIpc) is 2.34. The molecule has 1 aromatic rings. The summed E-state index contributed by atoms with van der Waals surface area (Å²) >= 11 is 0. The number of hydrogen-bond acceptors (Lipinski definition) is 3. The molecule has 0 atom stereocenters. The maximum atomic E-state index is 11.5. The minimum atomic E-state index is -0.475. The summed E-state index contributed by atoms with van der Waals surface area (Å²) in [5, 5.41) is 2.70. The van der Waals surface area contributed by atoms with Crippen molar-refractivity contribution in [2.75, 3.05) is 13.7 Å². The van der Waals surface area contributed by atoms with Gasteiger partial charge in [-0.15, -0.1) is 0 Å². The number of hydrogen-bond donors (Lipinski definition) is 1. The Kier molecular flexibility index (Phi) is 5.82. The molecule has 0 radical (unpaired) electrons.